The quantitative estimate of drug-likeness (QED) is 0.792. The number of likely N-dealkylation sites (N-methyl/N-ethyl adjacent to an activating group) is 1. The highest BCUT2D eigenvalue weighted by Gasteiger charge is 2.49. The van der Waals surface area contributed by atoms with Crippen molar-refractivity contribution in [2.45, 2.75) is 12.0 Å². The molecule has 3 aliphatic heterocycles. The van der Waals surface area contributed by atoms with E-state index >= 15 is 0 Å². The minimum Gasteiger partial charge on any atom is -0.464 e. The Morgan fingerprint density at radius 3 is 2.88 bits per heavy atom. The van der Waals surface area contributed by atoms with Gasteiger partial charge in [0.1, 0.15) is 5.75 Å². The summed E-state index contributed by atoms with van der Waals surface area (Å²) in [5.41, 5.74) is 0.867. The molecule has 0 unspecified atom stereocenters. The summed E-state index contributed by atoms with van der Waals surface area (Å²) in [6, 6.07) is 7.57. The van der Waals surface area contributed by atoms with E-state index in [0.717, 1.165) is 11.3 Å². The maximum absolute atomic E-state index is 12.9. The Morgan fingerprint density at radius 1 is 1.25 bits per heavy atom. The van der Waals surface area contributed by atoms with Crippen molar-refractivity contribution < 1.29 is 19.1 Å². The number of amides is 2. The number of fused-ring (bicyclic) bond motifs is 1. The molecule has 0 radical (unpaired) electrons. The van der Waals surface area contributed by atoms with Gasteiger partial charge in [0.2, 0.25) is 0 Å². The van der Waals surface area contributed by atoms with Crippen LogP contribution in [-0.4, -0.2) is 54.1 Å². The Bertz CT molecular complexity index is 770. The van der Waals surface area contributed by atoms with Crippen LogP contribution in [0.2, 0.25) is 0 Å². The first-order chi connectivity index (χ1) is 11.6. The van der Waals surface area contributed by atoms with E-state index in [1.54, 1.807) is 22.9 Å². The standard InChI is InChI=1S/C18H18N2O4/c1-19-11-18(24-17(19)22)7-8-20(12-18)16(21)14-6-9-23-15-5-3-2-4-13(15)10-14/h2-6,9-10H,7-8,11-12H2,1H3/t18-/m1/s1. The van der Waals surface area contributed by atoms with Gasteiger partial charge in [-0.05, 0) is 18.2 Å². The smallest absolute Gasteiger partial charge is 0.410 e. The summed E-state index contributed by atoms with van der Waals surface area (Å²) < 4.78 is 11.0. The van der Waals surface area contributed by atoms with Gasteiger partial charge < -0.3 is 19.3 Å². The molecule has 124 valence electrons. The zero-order valence-electron chi connectivity index (χ0n) is 13.4. The van der Waals surface area contributed by atoms with Crippen LogP contribution in [0, 0.1) is 0 Å². The first kappa shape index (κ1) is 14.8. The van der Waals surface area contributed by atoms with E-state index in [2.05, 4.69) is 0 Å². The monoisotopic (exact) mass is 326 g/mol. The van der Waals surface area contributed by atoms with E-state index in [-0.39, 0.29) is 12.0 Å². The van der Waals surface area contributed by atoms with Crippen molar-refractivity contribution >= 4 is 18.1 Å². The number of benzene rings is 1. The number of rotatable bonds is 1. The predicted molar refractivity (Wildman–Crippen MR) is 87.2 cm³/mol. The number of likely N-dealkylation sites (tertiary alicyclic amines) is 1. The average molecular weight is 326 g/mol. The summed E-state index contributed by atoms with van der Waals surface area (Å²) in [6.45, 7) is 1.53. The number of nitrogens with zero attached hydrogens (tertiary/aromatic N) is 2. The van der Waals surface area contributed by atoms with Crippen LogP contribution in [0.5, 0.6) is 5.75 Å². The molecule has 2 fully saturated rings. The maximum atomic E-state index is 12.9. The lowest BCUT2D eigenvalue weighted by atomic mass is 10.0. The second-order valence-corrected chi connectivity index (χ2v) is 6.44. The van der Waals surface area contributed by atoms with E-state index in [0.29, 0.717) is 31.6 Å². The number of hydrogen-bond donors (Lipinski definition) is 0. The summed E-state index contributed by atoms with van der Waals surface area (Å²) in [5, 5.41) is 0. The van der Waals surface area contributed by atoms with Gasteiger partial charge in [0.15, 0.2) is 5.60 Å². The lowest BCUT2D eigenvalue weighted by Crippen LogP contribution is -2.39. The van der Waals surface area contributed by atoms with E-state index in [1.807, 2.05) is 30.3 Å². The van der Waals surface area contributed by atoms with Crippen LogP contribution < -0.4 is 4.74 Å². The molecule has 4 rings (SSSR count). The van der Waals surface area contributed by atoms with Crippen molar-refractivity contribution in [3.63, 3.8) is 0 Å². The van der Waals surface area contributed by atoms with Crippen molar-refractivity contribution in [2.75, 3.05) is 26.7 Å². The number of carbonyl (C=O) groups excluding carboxylic acids is 2. The molecule has 2 saturated heterocycles. The molecule has 0 aromatic heterocycles. The van der Waals surface area contributed by atoms with Crippen LogP contribution in [0.1, 0.15) is 12.0 Å². The highest BCUT2D eigenvalue weighted by atomic mass is 16.6. The molecule has 1 spiro atoms. The van der Waals surface area contributed by atoms with Crippen molar-refractivity contribution in [1.29, 1.82) is 0 Å². The molecule has 0 N–H and O–H groups in total. The fourth-order valence-electron chi connectivity index (χ4n) is 3.44. The molecule has 0 bridgehead atoms. The van der Waals surface area contributed by atoms with Crippen LogP contribution in [0.25, 0.3) is 6.08 Å². The Balaban J connectivity index is 1.55. The highest BCUT2D eigenvalue weighted by Crippen LogP contribution is 2.33. The lowest BCUT2D eigenvalue weighted by Gasteiger charge is -2.22. The van der Waals surface area contributed by atoms with E-state index in [4.69, 9.17) is 9.47 Å². The van der Waals surface area contributed by atoms with Gasteiger partial charge in [-0.3, -0.25) is 4.79 Å². The van der Waals surface area contributed by atoms with Gasteiger partial charge in [-0.25, -0.2) is 4.79 Å². The number of ether oxygens (including phenoxy) is 2. The van der Waals surface area contributed by atoms with E-state index in [1.165, 1.54) is 6.26 Å². The molecule has 1 aromatic carbocycles. The third-order valence-electron chi connectivity index (χ3n) is 4.66. The van der Waals surface area contributed by atoms with Gasteiger partial charge >= 0.3 is 6.09 Å². The minimum atomic E-state index is -0.565. The van der Waals surface area contributed by atoms with Gasteiger partial charge in [-0.15, -0.1) is 0 Å². The third-order valence-corrected chi connectivity index (χ3v) is 4.66. The molecule has 0 aliphatic carbocycles. The van der Waals surface area contributed by atoms with Gasteiger partial charge in [-0.2, -0.15) is 0 Å². The Morgan fingerprint density at radius 2 is 2.08 bits per heavy atom. The molecule has 6 heteroatoms. The topological polar surface area (TPSA) is 59.1 Å². The van der Waals surface area contributed by atoms with Crippen molar-refractivity contribution in [3.05, 3.63) is 47.7 Å². The molecule has 6 nitrogen and oxygen atoms in total. The molecular weight excluding hydrogens is 308 g/mol. The van der Waals surface area contributed by atoms with Gasteiger partial charge in [0.05, 0.1) is 19.4 Å². The van der Waals surface area contributed by atoms with Gasteiger partial charge in [-0.1, -0.05) is 18.2 Å². The molecule has 3 heterocycles. The Hall–Kier alpha value is -2.76. The average Bonchev–Trinajstić information content (AvgIpc) is 3.00. The number of para-hydroxylation sites is 1. The van der Waals surface area contributed by atoms with E-state index < -0.39 is 5.60 Å². The van der Waals surface area contributed by atoms with E-state index in [9.17, 15) is 9.59 Å². The molecule has 0 saturated carbocycles. The van der Waals surface area contributed by atoms with Crippen LogP contribution in [-0.2, 0) is 9.53 Å². The largest absolute Gasteiger partial charge is 0.464 e. The van der Waals surface area contributed by atoms with Crippen molar-refractivity contribution in [1.82, 2.24) is 9.80 Å². The molecular formula is C18H18N2O4. The van der Waals surface area contributed by atoms with Crippen LogP contribution in [0.4, 0.5) is 4.79 Å². The highest BCUT2D eigenvalue weighted by molar-refractivity contribution is 6.01. The molecule has 1 aromatic rings. The van der Waals surface area contributed by atoms with Gasteiger partial charge in [0.25, 0.3) is 5.91 Å². The number of carbonyl (C=O) groups is 2. The Labute approximate surface area is 139 Å². The predicted octanol–water partition coefficient (Wildman–Crippen LogP) is 2.03. The first-order valence-corrected chi connectivity index (χ1v) is 7.94. The second-order valence-electron chi connectivity index (χ2n) is 6.44. The third kappa shape index (κ3) is 2.44. The molecule has 1 atom stereocenters. The second kappa shape index (κ2) is 5.40. The van der Waals surface area contributed by atoms with Crippen molar-refractivity contribution in [3.8, 4) is 5.75 Å². The zero-order valence-corrected chi connectivity index (χ0v) is 13.4. The van der Waals surface area contributed by atoms with Crippen LogP contribution in [0.3, 0.4) is 0 Å². The fourth-order valence-corrected chi connectivity index (χ4v) is 3.44. The SMILES string of the molecule is CN1C[C@@]2(CCN(C(=O)C3=Cc4ccccc4OC=C3)C2)OC1=O. The maximum Gasteiger partial charge on any atom is 0.410 e. The number of hydrogen-bond acceptors (Lipinski definition) is 4. The minimum absolute atomic E-state index is 0.0750. The molecule has 3 aliphatic rings. The molecule has 24 heavy (non-hydrogen) atoms. The molecule has 2 amide bonds. The summed E-state index contributed by atoms with van der Waals surface area (Å²) in [6.07, 6.45) is 5.39. The van der Waals surface area contributed by atoms with Crippen LogP contribution >= 0.6 is 0 Å². The summed E-state index contributed by atoms with van der Waals surface area (Å²) >= 11 is 0. The van der Waals surface area contributed by atoms with Crippen molar-refractivity contribution in [2.24, 2.45) is 0 Å². The summed E-state index contributed by atoms with van der Waals surface area (Å²) in [7, 11) is 1.71. The lowest BCUT2D eigenvalue weighted by molar-refractivity contribution is -0.126. The van der Waals surface area contributed by atoms with Gasteiger partial charge in [0, 0.05) is 31.1 Å². The summed E-state index contributed by atoms with van der Waals surface area (Å²) in [4.78, 5) is 27.8. The normalized spacial score (nSPS) is 25.2. The fraction of sp³-hybridized carbons (Fsp3) is 0.333. The zero-order chi connectivity index (χ0) is 16.7. The Kier molecular flexibility index (Phi) is 3.33. The van der Waals surface area contributed by atoms with Crippen LogP contribution in [0.15, 0.2) is 42.2 Å². The first-order valence-electron chi connectivity index (χ1n) is 7.94. The summed E-state index contributed by atoms with van der Waals surface area (Å²) in [5.74, 6) is 0.648.